The van der Waals surface area contributed by atoms with Gasteiger partial charge in [0.1, 0.15) is 22.5 Å². The number of nitrogens with zero attached hydrogens (tertiary/aromatic N) is 4. The van der Waals surface area contributed by atoms with Crippen molar-refractivity contribution < 1.29 is 23.8 Å². The van der Waals surface area contributed by atoms with E-state index in [9.17, 15) is 9.59 Å². The molecule has 0 radical (unpaired) electrons. The van der Waals surface area contributed by atoms with Crippen LogP contribution in [-0.2, 0) is 29.5 Å². The first kappa shape index (κ1) is 25.3. The van der Waals surface area contributed by atoms with Gasteiger partial charge in [-0.2, -0.15) is 0 Å². The minimum absolute atomic E-state index is 0.0253. The van der Waals surface area contributed by atoms with Crippen molar-refractivity contribution >= 4 is 22.9 Å². The molecule has 0 saturated heterocycles. The molecule has 1 aliphatic rings. The predicted molar refractivity (Wildman–Crippen MR) is 141 cm³/mol. The van der Waals surface area contributed by atoms with Crippen LogP contribution in [0.15, 0.2) is 54.6 Å². The third-order valence-electron chi connectivity index (χ3n) is 7.18. The molecule has 1 aliphatic heterocycles. The van der Waals surface area contributed by atoms with E-state index in [-0.39, 0.29) is 24.2 Å². The summed E-state index contributed by atoms with van der Waals surface area (Å²) in [5.41, 5.74) is 5.86. The van der Waals surface area contributed by atoms with Gasteiger partial charge in [0.15, 0.2) is 0 Å². The number of rotatable bonds is 8. The smallest absolute Gasteiger partial charge is 0.306 e. The summed E-state index contributed by atoms with van der Waals surface area (Å²) in [5, 5.41) is 8.40. The Balaban J connectivity index is 1.52. The molecule has 9 nitrogen and oxygen atoms in total. The molecule has 0 bridgehead atoms. The van der Waals surface area contributed by atoms with Gasteiger partial charge in [0.05, 0.1) is 27.8 Å². The maximum absolute atomic E-state index is 13.6. The van der Waals surface area contributed by atoms with Gasteiger partial charge in [-0.15, -0.1) is 5.10 Å². The van der Waals surface area contributed by atoms with Gasteiger partial charge in [-0.3, -0.25) is 9.59 Å². The summed E-state index contributed by atoms with van der Waals surface area (Å²) < 4.78 is 17.6. The number of hydrogen-bond acceptors (Lipinski definition) is 7. The molecule has 0 aliphatic carbocycles. The zero-order valence-corrected chi connectivity index (χ0v) is 21.9. The van der Waals surface area contributed by atoms with E-state index in [1.165, 1.54) is 7.11 Å². The number of carbonyl (C=O) groups excluding carboxylic acids is 2. The summed E-state index contributed by atoms with van der Waals surface area (Å²) in [6, 6.07) is 17.3. The van der Waals surface area contributed by atoms with Gasteiger partial charge in [-0.25, -0.2) is 4.68 Å². The number of carbonyl (C=O) groups is 2. The van der Waals surface area contributed by atoms with Gasteiger partial charge >= 0.3 is 5.97 Å². The Bertz CT molecular complexity index is 1500. The molecule has 0 N–H and O–H groups in total. The molecule has 5 rings (SSSR count). The number of ether oxygens (including phenoxy) is 3. The first-order valence-corrected chi connectivity index (χ1v) is 12.4. The summed E-state index contributed by atoms with van der Waals surface area (Å²) in [7, 11) is 6.42. The molecular weight excluding hydrogens is 484 g/mol. The summed E-state index contributed by atoms with van der Waals surface area (Å²) >= 11 is 0. The van der Waals surface area contributed by atoms with Crippen LogP contribution in [-0.4, -0.2) is 59.6 Å². The highest BCUT2D eigenvalue weighted by Gasteiger charge is 2.30. The standard InChI is InChI=1S/C29H30N4O5/c1-32-28-25(30-31-32)14-19(15-26(28)37-3)24(16-27(34)38-4)21-6-5-7-23-22(21)12-13-33(29(23)35)17-18-8-10-20(36-2)11-9-18/h5-11,14-15,24H,12-13,16-17H2,1-4H3. The van der Waals surface area contributed by atoms with Gasteiger partial charge in [0.2, 0.25) is 0 Å². The second-order valence-corrected chi connectivity index (χ2v) is 9.33. The molecule has 3 aromatic carbocycles. The molecule has 38 heavy (non-hydrogen) atoms. The summed E-state index contributed by atoms with van der Waals surface area (Å²) in [5.74, 6) is 0.684. The zero-order chi connectivity index (χ0) is 26.8. The average molecular weight is 515 g/mol. The van der Waals surface area contributed by atoms with Crippen molar-refractivity contribution in [3.63, 3.8) is 0 Å². The van der Waals surface area contributed by atoms with E-state index in [1.54, 1.807) is 25.9 Å². The molecule has 1 amide bonds. The lowest BCUT2D eigenvalue weighted by atomic mass is 9.81. The maximum Gasteiger partial charge on any atom is 0.306 e. The Hall–Kier alpha value is -4.40. The van der Waals surface area contributed by atoms with Gasteiger partial charge in [0, 0.05) is 31.6 Å². The number of esters is 1. The second-order valence-electron chi connectivity index (χ2n) is 9.33. The highest BCUT2D eigenvalue weighted by atomic mass is 16.5. The van der Waals surface area contributed by atoms with E-state index in [2.05, 4.69) is 10.3 Å². The number of hydrogen-bond donors (Lipinski definition) is 0. The van der Waals surface area contributed by atoms with Crippen molar-refractivity contribution in [1.82, 2.24) is 19.9 Å². The molecule has 4 aromatic rings. The van der Waals surface area contributed by atoms with Crippen molar-refractivity contribution in [3.05, 3.63) is 82.4 Å². The molecule has 196 valence electrons. The molecule has 1 atom stereocenters. The summed E-state index contributed by atoms with van der Waals surface area (Å²) in [4.78, 5) is 28.0. The fourth-order valence-corrected chi connectivity index (χ4v) is 5.22. The Morgan fingerprint density at radius 2 is 1.84 bits per heavy atom. The quantitative estimate of drug-likeness (QED) is 0.329. The molecule has 0 fully saturated rings. The van der Waals surface area contributed by atoms with Crippen LogP contribution in [0, 0.1) is 0 Å². The lowest BCUT2D eigenvalue weighted by Crippen LogP contribution is -2.37. The number of aromatic nitrogens is 3. The lowest BCUT2D eigenvalue weighted by Gasteiger charge is -2.31. The highest BCUT2D eigenvalue weighted by molar-refractivity contribution is 5.97. The van der Waals surface area contributed by atoms with E-state index >= 15 is 0 Å². The van der Waals surface area contributed by atoms with Gasteiger partial charge in [-0.05, 0) is 59.0 Å². The summed E-state index contributed by atoms with van der Waals surface area (Å²) in [6.45, 7) is 1.09. The van der Waals surface area contributed by atoms with Gasteiger partial charge < -0.3 is 19.1 Å². The Kier molecular flexibility index (Phi) is 7.00. The second kappa shape index (κ2) is 10.5. The monoisotopic (exact) mass is 514 g/mol. The molecule has 1 unspecified atom stereocenters. The molecule has 1 aromatic heterocycles. The Morgan fingerprint density at radius 1 is 1.05 bits per heavy atom. The van der Waals surface area contributed by atoms with Crippen molar-refractivity contribution in [2.45, 2.75) is 25.3 Å². The number of amides is 1. The summed E-state index contributed by atoms with van der Waals surface area (Å²) in [6.07, 6.45) is 0.793. The van der Waals surface area contributed by atoms with E-state index in [0.717, 1.165) is 33.5 Å². The van der Waals surface area contributed by atoms with Crippen LogP contribution < -0.4 is 9.47 Å². The SMILES string of the molecule is COC(=O)CC(c1cc(OC)c2c(c1)nnn2C)c1cccc2c1CCN(Cc1ccc(OC)cc1)C2=O. The van der Waals surface area contributed by atoms with Crippen molar-refractivity contribution in [2.24, 2.45) is 7.05 Å². The minimum atomic E-state index is -0.348. The minimum Gasteiger partial charge on any atom is -0.497 e. The number of methoxy groups -OCH3 is 3. The molecule has 0 spiro atoms. The van der Waals surface area contributed by atoms with Crippen LogP contribution >= 0.6 is 0 Å². The van der Waals surface area contributed by atoms with E-state index in [0.29, 0.717) is 36.3 Å². The van der Waals surface area contributed by atoms with Crippen LogP contribution in [0.25, 0.3) is 11.0 Å². The van der Waals surface area contributed by atoms with Gasteiger partial charge in [0.25, 0.3) is 5.91 Å². The lowest BCUT2D eigenvalue weighted by molar-refractivity contribution is -0.140. The molecule has 9 heteroatoms. The van der Waals surface area contributed by atoms with Crippen LogP contribution in [0.5, 0.6) is 11.5 Å². The van der Waals surface area contributed by atoms with Crippen molar-refractivity contribution in [3.8, 4) is 11.5 Å². The van der Waals surface area contributed by atoms with Crippen LogP contribution in [0.3, 0.4) is 0 Å². The van der Waals surface area contributed by atoms with E-state index in [1.807, 2.05) is 59.5 Å². The third-order valence-corrected chi connectivity index (χ3v) is 7.18. The number of aryl methyl sites for hydroxylation is 1. The number of benzene rings is 3. The third kappa shape index (κ3) is 4.67. The van der Waals surface area contributed by atoms with Crippen molar-refractivity contribution in [1.29, 1.82) is 0 Å². The molecular formula is C29H30N4O5. The van der Waals surface area contributed by atoms with Crippen LogP contribution in [0.2, 0.25) is 0 Å². The molecule has 0 saturated carbocycles. The van der Waals surface area contributed by atoms with Crippen LogP contribution in [0.4, 0.5) is 0 Å². The first-order valence-electron chi connectivity index (χ1n) is 12.4. The largest absolute Gasteiger partial charge is 0.497 e. The zero-order valence-electron chi connectivity index (χ0n) is 21.9. The van der Waals surface area contributed by atoms with E-state index < -0.39 is 0 Å². The van der Waals surface area contributed by atoms with Gasteiger partial charge in [-0.1, -0.05) is 29.5 Å². The fraction of sp³-hybridized carbons (Fsp3) is 0.310. The molecule has 2 heterocycles. The average Bonchev–Trinajstić information content (AvgIpc) is 3.33. The maximum atomic E-state index is 13.6. The Labute approximate surface area is 220 Å². The topological polar surface area (TPSA) is 95.8 Å². The van der Waals surface area contributed by atoms with Crippen molar-refractivity contribution in [2.75, 3.05) is 27.9 Å². The highest BCUT2D eigenvalue weighted by Crippen LogP contribution is 2.38. The first-order chi connectivity index (χ1) is 18.4. The fourth-order valence-electron chi connectivity index (χ4n) is 5.22. The predicted octanol–water partition coefficient (Wildman–Crippen LogP) is 3.88. The van der Waals surface area contributed by atoms with E-state index in [4.69, 9.17) is 14.2 Å². The normalized spacial score (nSPS) is 13.8. The number of fused-ring (bicyclic) bond motifs is 2. The Morgan fingerprint density at radius 3 is 2.55 bits per heavy atom. The van der Waals surface area contributed by atoms with Crippen LogP contribution in [0.1, 0.15) is 45.0 Å².